The van der Waals surface area contributed by atoms with E-state index in [0.717, 1.165) is 11.4 Å². The molecule has 0 amide bonds. The van der Waals surface area contributed by atoms with Gasteiger partial charge in [0.2, 0.25) is 0 Å². The first-order valence-corrected chi connectivity index (χ1v) is 7.67. The zero-order valence-corrected chi connectivity index (χ0v) is 13.2. The lowest BCUT2D eigenvalue weighted by atomic mass is 10.4. The van der Waals surface area contributed by atoms with Gasteiger partial charge in [-0.15, -0.1) is 0 Å². The number of rotatable bonds is 8. The van der Waals surface area contributed by atoms with Crippen LogP contribution in [0.25, 0.3) is 0 Å². The van der Waals surface area contributed by atoms with Gasteiger partial charge in [0, 0.05) is 17.6 Å². The number of carbonyl (C=O) groups is 1. The Balaban J connectivity index is 2.23. The number of carbonyl (C=O) groups excluding carboxylic acids is 1. The summed E-state index contributed by atoms with van der Waals surface area (Å²) >= 11 is 6.72. The monoisotopic (exact) mass is 383 g/mol. The second-order valence-electron chi connectivity index (χ2n) is 3.41. The molecule has 0 bridgehead atoms. The minimum absolute atomic E-state index is 0.279. The van der Waals surface area contributed by atoms with Crippen molar-refractivity contribution in [3.05, 3.63) is 11.4 Å². The molecular weight excluding hydrogens is 370 g/mol. The van der Waals surface area contributed by atoms with Crippen molar-refractivity contribution in [2.24, 2.45) is 0 Å². The molecule has 1 rings (SSSR count). The smallest absolute Gasteiger partial charge is 0.302 e. The average molecular weight is 385 g/mol. The topological polar surface area (TPSA) is 66.2 Å². The fourth-order valence-corrected chi connectivity index (χ4v) is 2.09. The van der Waals surface area contributed by atoms with Crippen LogP contribution in [0.4, 0.5) is 0 Å². The first-order chi connectivity index (χ1) is 8.67. The minimum atomic E-state index is -0.295. The Hall–Kier alpha value is -0.470. The van der Waals surface area contributed by atoms with Gasteiger partial charge in [0.05, 0.1) is 31.1 Å². The van der Waals surface area contributed by atoms with E-state index < -0.39 is 0 Å². The maximum Gasteiger partial charge on any atom is 0.302 e. The maximum absolute atomic E-state index is 10.5. The van der Waals surface area contributed by atoms with Gasteiger partial charge in [0.15, 0.2) is 0 Å². The fraction of sp³-hybridized carbons (Fsp3) is 0.700. The molecule has 8 heteroatoms. The number of nitrogens with zero attached hydrogens (tertiary/aromatic N) is 3. The van der Waals surface area contributed by atoms with Crippen molar-refractivity contribution in [2.45, 2.75) is 24.1 Å². The van der Waals surface area contributed by atoms with Crippen molar-refractivity contribution in [1.82, 2.24) is 15.0 Å². The first-order valence-electron chi connectivity index (χ1n) is 5.43. The van der Waals surface area contributed by atoms with E-state index in [9.17, 15) is 4.79 Å². The molecule has 0 saturated carbocycles. The minimum Gasteiger partial charge on any atom is -0.463 e. The summed E-state index contributed by atoms with van der Waals surface area (Å²) in [6.45, 7) is 3.10. The Bertz CT molecular complexity index is 363. The molecule has 6 nitrogen and oxygen atoms in total. The van der Waals surface area contributed by atoms with E-state index in [1.54, 1.807) is 4.80 Å². The third kappa shape index (κ3) is 5.45. The van der Waals surface area contributed by atoms with Gasteiger partial charge in [-0.05, 0) is 0 Å². The highest BCUT2D eigenvalue weighted by molar-refractivity contribution is 9.09. The Morgan fingerprint density at radius 1 is 1.17 bits per heavy atom. The zero-order valence-electron chi connectivity index (χ0n) is 10.1. The number of hydrogen-bond acceptors (Lipinski definition) is 5. The van der Waals surface area contributed by atoms with Crippen LogP contribution in [0.5, 0.6) is 0 Å². The molecule has 0 N–H and O–H groups in total. The first kappa shape index (κ1) is 15.6. The highest BCUT2D eigenvalue weighted by atomic mass is 79.9. The Morgan fingerprint density at radius 2 is 1.78 bits per heavy atom. The van der Waals surface area contributed by atoms with E-state index in [1.807, 2.05) is 0 Å². The van der Waals surface area contributed by atoms with E-state index in [0.29, 0.717) is 30.4 Å². The molecule has 102 valence electrons. The van der Waals surface area contributed by atoms with E-state index in [4.69, 9.17) is 9.47 Å². The lowest BCUT2D eigenvalue weighted by Gasteiger charge is -2.03. The van der Waals surface area contributed by atoms with Crippen molar-refractivity contribution in [2.75, 3.05) is 19.8 Å². The molecule has 0 aliphatic carbocycles. The van der Waals surface area contributed by atoms with Gasteiger partial charge in [-0.2, -0.15) is 15.0 Å². The largest absolute Gasteiger partial charge is 0.463 e. The van der Waals surface area contributed by atoms with Crippen molar-refractivity contribution in [1.29, 1.82) is 0 Å². The summed E-state index contributed by atoms with van der Waals surface area (Å²) in [6, 6.07) is 0. The number of hydrogen-bond donors (Lipinski definition) is 0. The number of ether oxygens (including phenoxy) is 2. The van der Waals surface area contributed by atoms with Crippen LogP contribution >= 0.6 is 31.9 Å². The highest BCUT2D eigenvalue weighted by Crippen LogP contribution is 2.10. The van der Waals surface area contributed by atoms with Crippen molar-refractivity contribution in [3.63, 3.8) is 0 Å². The molecule has 0 unspecified atom stereocenters. The van der Waals surface area contributed by atoms with Crippen LogP contribution in [0.15, 0.2) is 0 Å². The predicted octanol–water partition coefficient (Wildman–Crippen LogP) is 1.65. The fourth-order valence-electron chi connectivity index (χ4n) is 1.22. The summed E-state index contributed by atoms with van der Waals surface area (Å²) in [7, 11) is 0. The molecule has 0 atom stereocenters. The molecule has 0 saturated heterocycles. The zero-order chi connectivity index (χ0) is 13.4. The second-order valence-corrected chi connectivity index (χ2v) is 4.53. The Labute approximate surface area is 122 Å². The predicted molar refractivity (Wildman–Crippen MR) is 72.7 cm³/mol. The molecule has 0 radical (unpaired) electrons. The summed E-state index contributed by atoms with van der Waals surface area (Å²) in [5, 5.41) is 9.98. The summed E-state index contributed by atoms with van der Waals surface area (Å²) in [4.78, 5) is 12.1. The van der Waals surface area contributed by atoms with Crippen LogP contribution in [-0.2, 0) is 31.5 Å². The van der Waals surface area contributed by atoms with Gasteiger partial charge in [-0.1, -0.05) is 31.9 Å². The van der Waals surface area contributed by atoms with Crippen molar-refractivity contribution >= 4 is 37.8 Å². The third-order valence-electron chi connectivity index (χ3n) is 2.03. The number of aromatic nitrogens is 3. The van der Waals surface area contributed by atoms with E-state index in [2.05, 4.69) is 42.1 Å². The highest BCUT2D eigenvalue weighted by Gasteiger charge is 2.08. The van der Waals surface area contributed by atoms with Gasteiger partial charge < -0.3 is 9.47 Å². The molecule has 18 heavy (non-hydrogen) atoms. The van der Waals surface area contributed by atoms with Crippen LogP contribution in [-0.4, -0.2) is 40.8 Å². The Kier molecular flexibility index (Phi) is 7.45. The number of esters is 1. The molecule has 0 aromatic carbocycles. The summed E-state index contributed by atoms with van der Waals surface area (Å²) in [5.74, 6) is -0.295. The van der Waals surface area contributed by atoms with Gasteiger partial charge in [0.25, 0.3) is 0 Å². The third-order valence-corrected chi connectivity index (χ3v) is 3.09. The number of alkyl halides is 2. The van der Waals surface area contributed by atoms with Crippen LogP contribution in [0, 0.1) is 0 Å². The normalized spacial score (nSPS) is 10.6. The van der Waals surface area contributed by atoms with Crippen LogP contribution in [0.1, 0.15) is 18.3 Å². The van der Waals surface area contributed by atoms with Crippen molar-refractivity contribution in [3.8, 4) is 0 Å². The quantitative estimate of drug-likeness (QED) is 0.387. The van der Waals surface area contributed by atoms with E-state index in [1.165, 1.54) is 6.92 Å². The molecule has 1 aromatic heterocycles. The van der Waals surface area contributed by atoms with Crippen LogP contribution in [0.2, 0.25) is 0 Å². The lowest BCUT2D eigenvalue weighted by Crippen LogP contribution is -2.13. The van der Waals surface area contributed by atoms with E-state index in [-0.39, 0.29) is 12.6 Å². The SMILES string of the molecule is CC(=O)OCCOCCn1nc(CBr)c(CBr)n1. The molecule has 0 spiro atoms. The van der Waals surface area contributed by atoms with Gasteiger partial charge in [-0.3, -0.25) is 4.79 Å². The van der Waals surface area contributed by atoms with Crippen LogP contribution < -0.4 is 0 Å². The maximum atomic E-state index is 10.5. The van der Waals surface area contributed by atoms with Crippen molar-refractivity contribution < 1.29 is 14.3 Å². The molecule has 1 aromatic rings. The molecule has 0 fully saturated rings. The summed E-state index contributed by atoms with van der Waals surface area (Å²) < 4.78 is 10.0. The second kappa shape index (κ2) is 8.60. The standard InChI is InChI=1S/C10H15Br2N3O3/c1-8(16)18-5-4-17-3-2-15-13-9(6-11)10(7-12)14-15/h2-7H2,1H3. The Morgan fingerprint density at radius 3 is 2.28 bits per heavy atom. The molecule has 1 heterocycles. The number of halogens is 2. The lowest BCUT2D eigenvalue weighted by molar-refractivity contribution is -0.142. The van der Waals surface area contributed by atoms with Gasteiger partial charge in [-0.25, -0.2) is 0 Å². The average Bonchev–Trinajstić information content (AvgIpc) is 2.75. The van der Waals surface area contributed by atoms with Gasteiger partial charge in [0.1, 0.15) is 6.61 Å². The van der Waals surface area contributed by atoms with Gasteiger partial charge >= 0.3 is 5.97 Å². The van der Waals surface area contributed by atoms with Crippen LogP contribution in [0.3, 0.4) is 0 Å². The summed E-state index contributed by atoms with van der Waals surface area (Å²) in [5.41, 5.74) is 1.85. The summed E-state index contributed by atoms with van der Waals surface area (Å²) in [6.07, 6.45) is 0. The molecular formula is C10H15Br2N3O3. The molecule has 0 aliphatic heterocycles. The molecule has 0 aliphatic rings. The van der Waals surface area contributed by atoms with E-state index >= 15 is 0 Å².